The van der Waals surface area contributed by atoms with Crippen molar-refractivity contribution in [1.29, 1.82) is 5.26 Å². The van der Waals surface area contributed by atoms with Crippen molar-refractivity contribution < 1.29 is 39.9 Å². The van der Waals surface area contributed by atoms with Crippen molar-refractivity contribution in [1.82, 2.24) is 19.2 Å². The standard InChI is InChI=1S/C30H26F5N5O4S/c1-16-13-17(5-8-21(16)31)26-25(37-28-22(32)9-10-24(44-4)40(26)28)29(41)39(12-11-38(2)3)23-15-45(42,43)27-18(23)6-7-20(19(27)14-36)30(33,34)35/h5-10,13,23H,11-12,15H2,1-4H3. The minimum atomic E-state index is -5.00. The molecule has 0 N–H and O–H groups in total. The summed E-state index contributed by atoms with van der Waals surface area (Å²) in [5, 5.41) is 9.64. The van der Waals surface area contributed by atoms with Gasteiger partial charge in [-0.2, -0.15) is 18.4 Å². The molecule has 2 aromatic carbocycles. The Bertz CT molecular complexity index is 2000. The number of amides is 1. The van der Waals surface area contributed by atoms with Crippen LogP contribution in [0.5, 0.6) is 5.88 Å². The van der Waals surface area contributed by atoms with E-state index in [-0.39, 0.29) is 52.7 Å². The smallest absolute Gasteiger partial charge is 0.417 e. The maximum absolute atomic E-state index is 15.2. The van der Waals surface area contributed by atoms with Gasteiger partial charge in [0.2, 0.25) is 0 Å². The first-order valence-electron chi connectivity index (χ1n) is 13.4. The van der Waals surface area contributed by atoms with Gasteiger partial charge in [0.25, 0.3) is 5.91 Å². The van der Waals surface area contributed by atoms with Crippen LogP contribution in [0.4, 0.5) is 22.0 Å². The molecule has 5 rings (SSSR count). The van der Waals surface area contributed by atoms with Gasteiger partial charge in [0, 0.05) is 24.7 Å². The molecule has 2 aromatic heterocycles. The van der Waals surface area contributed by atoms with E-state index < -0.39 is 61.4 Å². The highest BCUT2D eigenvalue weighted by molar-refractivity contribution is 7.91. The number of imidazole rings is 1. The molecule has 0 aliphatic carbocycles. The molecule has 1 unspecified atom stereocenters. The minimum Gasteiger partial charge on any atom is -0.482 e. The number of aromatic nitrogens is 2. The topological polar surface area (TPSA) is 108 Å². The Labute approximate surface area is 255 Å². The van der Waals surface area contributed by atoms with Crippen molar-refractivity contribution >= 4 is 21.4 Å². The Balaban J connectivity index is 1.77. The first-order chi connectivity index (χ1) is 21.1. The van der Waals surface area contributed by atoms with E-state index in [0.717, 1.165) is 23.1 Å². The molecule has 15 heteroatoms. The molecule has 0 saturated heterocycles. The summed E-state index contributed by atoms with van der Waals surface area (Å²) in [4.78, 5) is 20.9. The average Bonchev–Trinajstić information content (AvgIpc) is 3.50. The lowest BCUT2D eigenvalue weighted by atomic mass is 9.99. The van der Waals surface area contributed by atoms with E-state index in [0.29, 0.717) is 6.07 Å². The normalized spacial score (nSPS) is 15.7. The van der Waals surface area contributed by atoms with Crippen molar-refractivity contribution in [3.05, 3.63) is 82.0 Å². The zero-order valence-corrected chi connectivity index (χ0v) is 25.2. The Morgan fingerprint density at radius 3 is 2.40 bits per heavy atom. The number of likely N-dealkylation sites (N-methyl/N-ethyl adjacent to an activating group) is 1. The van der Waals surface area contributed by atoms with Crippen LogP contribution >= 0.6 is 0 Å². The molecule has 9 nitrogen and oxygen atoms in total. The molecule has 45 heavy (non-hydrogen) atoms. The monoisotopic (exact) mass is 647 g/mol. The molecule has 236 valence electrons. The number of halogens is 5. The lowest BCUT2D eigenvalue weighted by Gasteiger charge is -2.30. The number of pyridine rings is 1. The number of sulfone groups is 1. The number of ether oxygens (including phenoxy) is 1. The number of aryl methyl sites for hydroxylation is 1. The highest BCUT2D eigenvalue weighted by Gasteiger charge is 2.46. The summed E-state index contributed by atoms with van der Waals surface area (Å²) < 4.78 is 104. The van der Waals surface area contributed by atoms with Crippen LogP contribution in [0.1, 0.15) is 38.8 Å². The number of nitrogens with zero attached hydrogens (tertiary/aromatic N) is 5. The van der Waals surface area contributed by atoms with Crippen molar-refractivity contribution in [2.45, 2.75) is 24.0 Å². The average molecular weight is 648 g/mol. The summed E-state index contributed by atoms with van der Waals surface area (Å²) in [6.07, 6.45) is -5.00. The van der Waals surface area contributed by atoms with E-state index in [1.807, 2.05) is 0 Å². The third kappa shape index (κ3) is 5.48. The number of rotatable bonds is 7. The SMILES string of the molecule is COc1ccc(F)c2nc(C(=O)N(CCN(C)C)C3CS(=O)(=O)c4c3ccc(C(F)(F)F)c4C#N)c(-c3ccc(F)c(C)c3)n12. The van der Waals surface area contributed by atoms with E-state index >= 15 is 4.39 Å². The first kappa shape index (κ1) is 31.9. The van der Waals surface area contributed by atoms with Crippen LogP contribution in [0.15, 0.2) is 47.4 Å². The molecule has 0 bridgehead atoms. The first-order valence-corrected chi connectivity index (χ1v) is 15.1. The largest absolute Gasteiger partial charge is 0.482 e. The van der Waals surface area contributed by atoms with Gasteiger partial charge in [0.05, 0.1) is 40.6 Å². The second-order valence-electron chi connectivity index (χ2n) is 10.8. The number of alkyl halides is 3. The molecule has 1 aliphatic rings. The van der Waals surface area contributed by atoms with Crippen LogP contribution in [0, 0.1) is 29.9 Å². The maximum atomic E-state index is 15.2. The van der Waals surface area contributed by atoms with Gasteiger partial charge in [-0.15, -0.1) is 0 Å². The van der Waals surface area contributed by atoms with E-state index in [1.165, 1.54) is 42.7 Å². The van der Waals surface area contributed by atoms with Crippen molar-refractivity contribution in [2.24, 2.45) is 0 Å². The second kappa shape index (κ2) is 11.4. The Kier molecular flexibility index (Phi) is 8.09. The van der Waals surface area contributed by atoms with Crippen molar-refractivity contribution in [3.63, 3.8) is 0 Å². The Morgan fingerprint density at radius 2 is 1.80 bits per heavy atom. The molecule has 0 radical (unpaired) electrons. The zero-order valence-electron chi connectivity index (χ0n) is 24.4. The summed E-state index contributed by atoms with van der Waals surface area (Å²) in [6, 6.07) is 8.01. The molecule has 0 spiro atoms. The predicted octanol–water partition coefficient (Wildman–Crippen LogP) is 5.02. The maximum Gasteiger partial charge on any atom is 0.417 e. The third-order valence-corrected chi connectivity index (χ3v) is 9.42. The van der Waals surface area contributed by atoms with Gasteiger partial charge in [-0.3, -0.25) is 9.20 Å². The lowest BCUT2D eigenvalue weighted by molar-refractivity contribution is -0.138. The van der Waals surface area contributed by atoms with E-state index in [9.17, 15) is 36.0 Å². The number of carbonyl (C=O) groups is 1. The highest BCUT2D eigenvalue weighted by Crippen LogP contribution is 2.44. The molecular formula is C30H26F5N5O4S. The van der Waals surface area contributed by atoms with Crippen LogP contribution in [0.2, 0.25) is 0 Å². The van der Waals surface area contributed by atoms with Gasteiger partial charge in [-0.05, 0) is 62.5 Å². The summed E-state index contributed by atoms with van der Waals surface area (Å²) in [5.74, 6) is -2.94. The summed E-state index contributed by atoms with van der Waals surface area (Å²) in [5.41, 5.74) is -2.75. The Hall–Kier alpha value is -4.55. The molecule has 3 heterocycles. The number of methoxy groups -OCH3 is 1. The predicted molar refractivity (Wildman–Crippen MR) is 152 cm³/mol. The van der Waals surface area contributed by atoms with Gasteiger partial charge in [-0.25, -0.2) is 22.2 Å². The number of hydrogen-bond donors (Lipinski definition) is 0. The minimum absolute atomic E-state index is 0.0236. The Morgan fingerprint density at radius 1 is 1.11 bits per heavy atom. The van der Waals surface area contributed by atoms with Crippen LogP contribution in [0.3, 0.4) is 0 Å². The number of benzene rings is 2. The number of fused-ring (bicyclic) bond motifs is 2. The number of carbonyl (C=O) groups excluding carboxylic acids is 1. The van der Waals surface area contributed by atoms with Crippen LogP contribution in [-0.2, 0) is 16.0 Å². The summed E-state index contributed by atoms with van der Waals surface area (Å²) >= 11 is 0. The second-order valence-corrected chi connectivity index (χ2v) is 12.7. The number of hydrogen-bond acceptors (Lipinski definition) is 7. The fourth-order valence-electron chi connectivity index (χ4n) is 5.48. The highest BCUT2D eigenvalue weighted by atomic mass is 32.2. The van der Waals surface area contributed by atoms with E-state index in [2.05, 4.69) is 4.98 Å². The fourth-order valence-corrected chi connectivity index (χ4v) is 7.45. The molecule has 1 atom stereocenters. The van der Waals surface area contributed by atoms with Crippen molar-refractivity contribution in [3.8, 4) is 23.2 Å². The number of nitriles is 1. The van der Waals surface area contributed by atoms with Crippen LogP contribution < -0.4 is 4.74 Å². The lowest BCUT2D eigenvalue weighted by Crippen LogP contribution is -2.40. The van der Waals surface area contributed by atoms with Crippen molar-refractivity contribution in [2.75, 3.05) is 40.0 Å². The van der Waals surface area contributed by atoms with Gasteiger partial charge < -0.3 is 14.5 Å². The summed E-state index contributed by atoms with van der Waals surface area (Å²) in [6.45, 7) is 1.57. The fraction of sp³-hybridized carbons (Fsp3) is 0.300. The van der Waals surface area contributed by atoms with Gasteiger partial charge in [0.1, 0.15) is 11.9 Å². The van der Waals surface area contributed by atoms with Crippen LogP contribution in [-0.4, -0.2) is 73.6 Å². The van der Waals surface area contributed by atoms with E-state index in [1.54, 1.807) is 19.0 Å². The molecule has 0 saturated carbocycles. The molecule has 0 fully saturated rings. The molecule has 1 aliphatic heterocycles. The quantitative estimate of drug-likeness (QED) is 0.259. The van der Waals surface area contributed by atoms with Gasteiger partial charge in [-0.1, -0.05) is 6.07 Å². The molecule has 4 aromatic rings. The third-order valence-electron chi connectivity index (χ3n) is 7.60. The van der Waals surface area contributed by atoms with Gasteiger partial charge in [0.15, 0.2) is 32.9 Å². The zero-order chi connectivity index (χ0) is 33.0. The van der Waals surface area contributed by atoms with Crippen LogP contribution in [0.25, 0.3) is 16.9 Å². The molecular weight excluding hydrogens is 621 g/mol. The summed E-state index contributed by atoms with van der Waals surface area (Å²) in [7, 11) is 0.243. The molecule has 1 amide bonds. The van der Waals surface area contributed by atoms with E-state index in [4.69, 9.17) is 4.74 Å². The van der Waals surface area contributed by atoms with Gasteiger partial charge >= 0.3 is 6.18 Å².